The highest BCUT2D eigenvalue weighted by Gasteiger charge is 2.38. The summed E-state index contributed by atoms with van der Waals surface area (Å²) in [4.78, 5) is 20.9. The molecule has 3 saturated heterocycles. The molecule has 1 N–H and O–H groups in total. The second-order valence-corrected chi connectivity index (χ2v) is 8.33. The third-order valence-electron chi connectivity index (χ3n) is 6.26. The van der Waals surface area contributed by atoms with Gasteiger partial charge in [0.2, 0.25) is 5.91 Å². The van der Waals surface area contributed by atoms with Gasteiger partial charge in [-0.3, -0.25) is 9.79 Å². The van der Waals surface area contributed by atoms with Gasteiger partial charge in [-0.05, 0) is 51.4 Å². The van der Waals surface area contributed by atoms with Crippen molar-refractivity contribution in [3.63, 3.8) is 0 Å². The normalized spacial score (nSPS) is 28.5. The van der Waals surface area contributed by atoms with Crippen LogP contribution in [0.5, 0.6) is 0 Å². The Balaban J connectivity index is 1.57. The number of carbonyl (C=O) groups is 1. The fourth-order valence-corrected chi connectivity index (χ4v) is 4.69. The van der Waals surface area contributed by atoms with Gasteiger partial charge < -0.3 is 19.9 Å². The van der Waals surface area contributed by atoms with Gasteiger partial charge in [-0.15, -0.1) is 0 Å². The maximum Gasteiger partial charge on any atom is 0.219 e. The largest absolute Gasteiger partial charge is 0.381 e. The van der Waals surface area contributed by atoms with Crippen LogP contribution in [0.15, 0.2) is 4.99 Å². The minimum atomic E-state index is 0.202. The van der Waals surface area contributed by atoms with Crippen LogP contribution in [0.3, 0.4) is 0 Å². The number of nitrogens with zero attached hydrogens (tertiary/aromatic N) is 3. The average Bonchev–Trinajstić information content (AvgIpc) is 2.66. The summed E-state index contributed by atoms with van der Waals surface area (Å²) in [5, 5.41) is 3.51. The molecule has 3 heterocycles. The van der Waals surface area contributed by atoms with Crippen molar-refractivity contribution in [2.75, 3.05) is 52.5 Å². The number of nitrogens with one attached hydrogen (secondary N) is 1. The first-order chi connectivity index (χ1) is 12.6. The Bertz CT molecular complexity index is 489. The van der Waals surface area contributed by atoms with Gasteiger partial charge in [-0.25, -0.2) is 0 Å². The van der Waals surface area contributed by atoms with Crippen molar-refractivity contribution in [1.29, 1.82) is 0 Å². The predicted molar refractivity (Wildman–Crippen MR) is 104 cm³/mol. The number of guanidine groups is 1. The van der Waals surface area contributed by atoms with E-state index in [1.807, 2.05) is 4.90 Å². The van der Waals surface area contributed by atoms with E-state index in [9.17, 15) is 4.79 Å². The molecule has 1 atom stereocenters. The number of aliphatic imine (C=N–C) groups is 1. The lowest BCUT2D eigenvalue weighted by Crippen LogP contribution is -2.53. The Hall–Kier alpha value is -1.30. The van der Waals surface area contributed by atoms with Crippen LogP contribution in [0.1, 0.15) is 52.4 Å². The predicted octanol–water partition coefficient (Wildman–Crippen LogP) is 2.10. The summed E-state index contributed by atoms with van der Waals surface area (Å²) in [6, 6.07) is 0. The zero-order chi connectivity index (χ0) is 18.4. The van der Waals surface area contributed by atoms with Crippen LogP contribution in [0.2, 0.25) is 0 Å². The molecule has 0 aliphatic carbocycles. The van der Waals surface area contributed by atoms with Crippen LogP contribution in [0.25, 0.3) is 0 Å². The minimum absolute atomic E-state index is 0.202. The van der Waals surface area contributed by atoms with Gasteiger partial charge >= 0.3 is 0 Å². The molecule has 3 rings (SSSR count). The van der Waals surface area contributed by atoms with Gasteiger partial charge in [0.05, 0.1) is 6.61 Å². The highest BCUT2D eigenvalue weighted by atomic mass is 16.5. The number of likely N-dealkylation sites (tertiary alicyclic amines) is 2. The van der Waals surface area contributed by atoms with Gasteiger partial charge in [-0.1, -0.05) is 0 Å². The summed E-state index contributed by atoms with van der Waals surface area (Å²) < 4.78 is 5.82. The Morgan fingerprint density at radius 3 is 2.62 bits per heavy atom. The summed E-state index contributed by atoms with van der Waals surface area (Å²) in [5.74, 6) is 1.87. The number of carbonyl (C=O) groups excluding carboxylic acids is 1. The van der Waals surface area contributed by atoms with Crippen molar-refractivity contribution >= 4 is 11.9 Å². The zero-order valence-corrected chi connectivity index (χ0v) is 16.6. The molecule has 148 valence electrons. The molecule has 0 radical (unpaired) electrons. The second kappa shape index (κ2) is 9.07. The van der Waals surface area contributed by atoms with Crippen molar-refractivity contribution in [3.05, 3.63) is 0 Å². The summed E-state index contributed by atoms with van der Waals surface area (Å²) >= 11 is 0. The second-order valence-electron chi connectivity index (χ2n) is 8.33. The van der Waals surface area contributed by atoms with Gasteiger partial charge in [0.25, 0.3) is 0 Å². The molecule has 1 amide bonds. The maximum atomic E-state index is 11.5. The summed E-state index contributed by atoms with van der Waals surface area (Å²) in [7, 11) is 0. The molecule has 26 heavy (non-hydrogen) atoms. The molecule has 0 aromatic rings. The van der Waals surface area contributed by atoms with Gasteiger partial charge in [0.1, 0.15) is 0 Å². The molecular formula is C20H36N4O2. The smallest absolute Gasteiger partial charge is 0.219 e. The van der Waals surface area contributed by atoms with Crippen molar-refractivity contribution in [3.8, 4) is 0 Å². The average molecular weight is 365 g/mol. The molecule has 3 fully saturated rings. The lowest BCUT2D eigenvalue weighted by Gasteiger charge is -2.45. The zero-order valence-electron chi connectivity index (χ0n) is 16.6. The number of piperidine rings is 2. The molecule has 3 aliphatic heterocycles. The molecule has 0 aromatic carbocycles. The first-order valence-electron chi connectivity index (χ1n) is 10.5. The summed E-state index contributed by atoms with van der Waals surface area (Å²) in [6.07, 6.45) is 7.13. The Labute approximate surface area is 158 Å². The molecule has 1 unspecified atom stereocenters. The van der Waals surface area contributed by atoms with E-state index in [4.69, 9.17) is 9.73 Å². The molecule has 6 nitrogen and oxygen atoms in total. The number of amides is 1. The highest BCUT2D eigenvalue weighted by molar-refractivity contribution is 5.80. The fraction of sp³-hybridized carbons (Fsp3) is 0.900. The van der Waals surface area contributed by atoms with E-state index in [1.54, 1.807) is 6.92 Å². The first kappa shape index (κ1) is 19.5. The van der Waals surface area contributed by atoms with E-state index >= 15 is 0 Å². The third kappa shape index (κ3) is 4.90. The van der Waals surface area contributed by atoms with Crippen LogP contribution in [-0.2, 0) is 9.53 Å². The van der Waals surface area contributed by atoms with Gasteiger partial charge in [0, 0.05) is 58.2 Å². The molecule has 0 bridgehead atoms. The van der Waals surface area contributed by atoms with E-state index in [-0.39, 0.29) is 5.91 Å². The lowest BCUT2D eigenvalue weighted by molar-refractivity contribution is -0.130. The minimum Gasteiger partial charge on any atom is -0.381 e. The van der Waals surface area contributed by atoms with Crippen LogP contribution in [0, 0.1) is 11.3 Å². The SMILES string of the molecule is CCNC(=NCC1CCN(C(C)=O)CC1)N1CCCC2(CCCOC2)C1. The Morgan fingerprint density at radius 2 is 1.96 bits per heavy atom. The fourth-order valence-electron chi connectivity index (χ4n) is 4.69. The van der Waals surface area contributed by atoms with Crippen molar-refractivity contribution < 1.29 is 9.53 Å². The van der Waals surface area contributed by atoms with Gasteiger partial charge in [-0.2, -0.15) is 0 Å². The maximum absolute atomic E-state index is 11.5. The quantitative estimate of drug-likeness (QED) is 0.615. The number of hydrogen-bond acceptors (Lipinski definition) is 3. The van der Waals surface area contributed by atoms with Crippen LogP contribution in [-0.4, -0.2) is 74.1 Å². The van der Waals surface area contributed by atoms with Crippen molar-refractivity contribution in [2.24, 2.45) is 16.3 Å². The molecular weight excluding hydrogens is 328 g/mol. The van der Waals surface area contributed by atoms with E-state index in [0.29, 0.717) is 11.3 Å². The summed E-state index contributed by atoms with van der Waals surface area (Å²) in [5.41, 5.74) is 0.333. The van der Waals surface area contributed by atoms with E-state index < -0.39 is 0 Å². The van der Waals surface area contributed by atoms with Gasteiger partial charge in [0.15, 0.2) is 5.96 Å². The topological polar surface area (TPSA) is 57.2 Å². The third-order valence-corrected chi connectivity index (χ3v) is 6.26. The van der Waals surface area contributed by atoms with E-state index in [1.165, 1.54) is 25.7 Å². The highest BCUT2D eigenvalue weighted by Crippen LogP contribution is 2.37. The standard InChI is InChI=1S/C20H36N4O2/c1-3-21-19(22-14-18-6-11-23(12-7-18)17(2)25)24-10-4-8-20(15-24)9-5-13-26-16-20/h18H,3-16H2,1-2H3,(H,21,22). The molecule has 3 aliphatic rings. The van der Waals surface area contributed by atoms with E-state index in [2.05, 4.69) is 17.1 Å². The summed E-state index contributed by atoms with van der Waals surface area (Å²) in [6.45, 7) is 11.4. The van der Waals surface area contributed by atoms with Crippen molar-refractivity contribution in [2.45, 2.75) is 52.4 Å². The Kier molecular flexibility index (Phi) is 6.79. The van der Waals surface area contributed by atoms with Crippen LogP contribution < -0.4 is 5.32 Å². The van der Waals surface area contributed by atoms with Crippen LogP contribution >= 0.6 is 0 Å². The molecule has 0 aromatic heterocycles. The van der Waals surface area contributed by atoms with E-state index in [0.717, 1.165) is 71.3 Å². The first-order valence-corrected chi connectivity index (χ1v) is 10.5. The molecule has 0 saturated carbocycles. The molecule has 1 spiro atoms. The van der Waals surface area contributed by atoms with Crippen LogP contribution in [0.4, 0.5) is 0 Å². The van der Waals surface area contributed by atoms with Crippen molar-refractivity contribution in [1.82, 2.24) is 15.1 Å². The Morgan fingerprint density at radius 1 is 1.19 bits per heavy atom. The lowest BCUT2D eigenvalue weighted by atomic mass is 9.76. The molecule has 6 heteroatoms. The number of hydrogen-bond donors (Lipinski definition) is 1. The monoisotopic (exact) mass is 364 g/mol. The number of ether oxygens (including phenoxy) is 1. The number of rotatable bonds is 3.